The van der Waals surface area contributed by atoms with Crippen LogP contribution < -0.4 is 4.72 Å². The smallest absolute Gasteiger partial charge is 0.336 e. The number of hydrogen-bond acceptors (Lipinski definition) is 4. The Balaban J connectivity index is 4.32. The van der Waals surface area contributed by atoms with Crippen LogP contribution in [0.15, 0.2) is 12.7 Å². The molecule has 82 valence electrons. The fourth-order valence-corrected chi connectivity index (χ4v) is 1.47. The van der Waals surface area contributed by atoms with Gasteiger partial charge in [-0.25, -0.2) is 17.9 Å². The van der Waals surface area contributed by atoms with Crippen molar-refractivity contribution in [1.82, 2.24) is 4.72 Å². The van der Waals surface area contributed by atoms with Crippen LogP contribution in [0.3, 0.4) is 0 Å². The second-order valence-electron chi connectivity index (χ2n) is 2.97. The lowest BCUT2D eigenvalue weighted by atomic mass is 10.1. The fourth-order valence-electron chi connectivity index (χ4n) is 0.540. The number of sulfonamides is 1. The number of nitrogens with one attached hydrogen (secondary N) is 1. The average Bonchev–Trinajstić information content (AvgIpc) is 2.01. The standard InChI is InChI=1S/C7H13NO5S/c1-3-4-14(12,13)8-5-7(2,11)6(9)10/h3,8,11H,1,4-5H2,2H3,(H,9,10). The van der Waals surface area contributed by atoms with E-state index in [1.807, 2.05) is 4.72 Å². The maximum atomic E-state index is 11.0. The highest BCUT2D eigenvalue weighted by Gasteiger charge is 2.31. The maximum absolute atomic E-state index is 11.0. The molecule has 3 N–H and O–H groups in total. The summed E-state index contributed by atoms with van der Waals surface area (Å²) in [7, 11) is -3.59. The first-order valence-corrected chi connectivity index (χ1v) is 5.40. The second kappa shape index (κ2) is 4.54. The number of hydrogen-bond donors (Lipinski definition) is 3. The molecule has 0 aliphatic carbocycles. The summed E-state index contributed by atoms with van der Waals surface area (Å²) in [5.74, 6) is -1.80. The van der Waals surface area contributed by atoms with Gasteiger partial charge in [0.15, 0.2) is 5.60 Å². The molecular weight excluding hydrogens is 210 g/mol. The molecule has 6 nitrogen and oxygen atoms in total. The van der Waals surface area contributed by atoms with Crippen molar-refractivity contribution in [3.8, 4) is 0 Å². The van der Waals surface area contributed by atoms with Crippen molar-refractivity contribution >= 4 is 16.0 Å². The van der Waals surface area contributed by atoms with E-state index in [2.05, 4.69) is 6.58 Å². The van der Waals surface area contributed by atoms with Gasteiger partial charge in [-0.3, -0.25) is 0 Å². The molecule has 14 heavy (non-hydrogen) atoms. The Bertz CT molecular complexity index is 319. The lowest BCUT2D eigenvalue weighted by Crippen LogP contribution is -2.46. The summed E-state index contributed by atoms with van der Waals surface area (Å²) in [5, 5.41) is 17.6. The van der Waals surface area contributed by atoms with E-state index in [-0.39, 0.29) is 5.75 Å². The van der Waals surface area contributed by atoms with Crippen molar-refractivity contribution in [3.05, 3.63) is 12.7 Å². The third-order valence-electron chi connectivity index (χ3n) is 1.43. The molecule has 0 fully saturated rings. The summed E-state index contributed by atoms with van der Waals surface area (Å²) >= 11 is 0. The predicted octanol–water partition coefficient (Wildman–Crippen LogP) is -1.07. The molecule has 0 saturated carbocycles. The van der Waals surface area contributed by atoms with E-state index in [1.54, 1.807) is 0 Å². The molecule has 1 unspecified atom stereocenters. The highest BCUT2D eigenvalue weighted by Crippen LogP contribution is 2.01. The van der Waals surface area contributed by atoms with E-state index in [1.165, 1.54) is 0 Å². The lowest BCUT2D eigenvalue weighted by molar-refractivity contribution is -0.155. The van der Waals surface area contributed by atoms with Crippen LogP contribution in [0.1, 0.15) is 6.92 Å². The minimum atomic E-state index is -3.59. The Morgan fingerprint density at radius 2 is 2.14 bits per heavy atom. The first-order chi connectivity index (χ1) is 6.21. The highest BCUT2D eigenvalue weighted by atomic mass is 32.2. The molecule has 0 spiro atoms. The third-order valence-corrected chi connectivity index (χ3v) is 2.69. The normalized spacial score (nSPS) is 15.9. The van der Waals surface area contributed by atoms with Crippen LogP contribution in [0, 0.1) is 0 Å². The molecule has 7 heteroatoms. The van der Waals surface area contributed by atoms with Crippen LogP contribution in [0.4, 0.5) is 0 Å². The van der Waals surface area contributed by atoms with Gasteiger partial charge < -0.3 is 10.2 Å². The van der Waals surface area contributed by atoms with E-state index in [0.717, 1.165) is 13.0 Å². The number of aliphatic hydroxyl groups is 1. The largest absolute Gasteiger partial charge is 0.479 e. The van der Waals surface area contributed by atoms with Crippen LogP contribution in [0.2, 0.25) is 0 Å². The number of carboxylic acid groups (broad SMARTS) is 1. The van der Waals surface area contributed by atoms with Crippen molar-refractivity contribution < 1.29 is 23.4 Å². The van der Waals surface area contributed by atoms with Gasteiger partial charge in [-0.15, -0.1) is 6.58 Å². The molecule has 1 atom stereocenters. The minimum absolute atomic E-state index is 0.317. The Labute approximate surface area is 82.3 Å². The second-order valence-corrected chi connectivity index (χ2v) is 4.82. The Morgan fingerprint density at radius 3 is 2.50 bits per heavy atom. The summed E-state index contributed by atoms with van der Waals surface area (Å²) in [6, 6.07) is 0. The van der Waals surface area contributed by atoms with Gasteiger partial charge in [0.25, 0.3) is 0 Å². The fraction of sp³-hybridized carbons (Fsp3) is 0.571. The summed E-state index contributed by atoms with van der Waals surface area (Å²) in [5.41, 5.74) is -2.10. The van der Waals surface area contributed by atoms with Gasteiger partial charge in [-0.1, -0.05) is 6.08 Å². The molecule has 0 aliphatic heterocycles. The van der Waals surface area contributed by atoms with E-state index in [4.69, 9.17) is 5.11 Å². The van der Waals surface area contributed by atoms with Gasteiger partial charge >= 0.3 is 5.97 Å². The van der Waals surface area contributed by atoms with Gasteiger partial charge in [0, 0.05) is 6.54 Å². The highest BCUT2D eigenvalue weighted by molar-refractivity contribution is 7.89. The van der Waals surface area contributed by atoms with Gasteiger partial charge in [0.1, 0.15) is 0 Å². The zero-order chi connectivity index (χ0) is 11.4. The topological polar surface area (TPSA) is 104 Å². The third kappa shape index (κ3) is 4.35. The first-order valence-electron chi connectivity index (χ1n) is 3.75. The number of rotatable bonds is 6. The molecule has 0 aromatic heterocycles. The average molecular weight is 223 g/mol. The van der Waals surface area contributed by atoms with E-state index in [9.17, 15) is 18.3 Å². The number of aliphatic carboxylic acids is 1. The monoisotopic (exact) mass is 223 g/mol. The van der Waals surface area contributed by atoms with E-state index in [0.29, 0.717) is 0 Å². The minimum Gasteiger partial charge on any atom is -0.479 e. The van der Waals surface area contributed by atoms with Crippen molar-refractivity contribution in [3.63, 3.8) is 0 Å². The molecule has 0 amide bonds. The van der Waals surface area contributed by atoms with Crippen molar-refractivity contribution in [2.45, 2.75) is 12.5 Å². The summed E-state index contributed by atoms with van der Waals surface area (Å²) in [6.07, 6.45) is 1.16. The molecule has 0 saturated heterocycles. The summed E-state index contributed by atoms with van der Waals surface area (Å²) in [6.45, 7) is 3.66. The Kier molecular flexibility index (Phi) is 4.24. The Hall–Kier alpha value is -0.920. The van der Waals surface area contributed by atoms with Gasteiger partial charge in [0.05, 0.1) is 5.75 Å². The van der Waals surface area contributed by atoms with Crippen molar-refractivity contribution in [2.75, 3.05) is 12.3 Å². The van der Waals surface area contributed by atoms with Crippen LogP contribution in [-0.4, -0.2) is 42.5 Å². The SMILES string of the molecule is C=CCS(=O)(=O)NCC(C)(O)C(=O)O. The number of carbonyl (C=O) groups is 1. The first kappa shape index (κ1) is 13.1. The maximum Gasteiger partial charge on any atom is 0.336 e. The molecule has 0 aliphatic rings. The van der Waals surface area contributed by atoms with Gasteiger partial charge in [0.2, 0.25) is 10.0 Å². The molecule has 0 aromatic rings. The zero-order valence-electron chi connectivity index (χ0n) is 7.73. The van der Waals surface area contributed by atoms with Crippen LogP contribution >= 0.6 is 0 Å². The molecule has 0 aromatic carbocycles. The van der Waals surface area contributed by atoms with Gasteiger partial charge in [-0.2, -0.15) is 0 Å². The summed E-state index contributed by atoms with van der Waals surface area (Å²) in [4.78, 5) is 10.4. The predicted molar refractivity (Wildman–Crippen MR) is 50.2 cm³/mol. The van der Waals surface area contributed by atoms with Crippen molar-refractivity contribution in [1.29, 1.82) is 0 Å². The lowest BCUT2D eigenvalue weighted by Gasteiger charge is -2.17. The van der Waals surface area contributed by atoms with E-state index >= 15 is 0 Å². The molecule has 0 heterocycles. The van der Waals surface area contributed by atoms with Gasteiger partial charge in [-0.05, 0) is 6.92 Å². The number of carboxylic acids is 1. The van der Waals surface area contributed by atoms with Crippen LogP contribution in [-0.2, 0) is 14.8 Å². The van der Waals surface area contributed by atoms with Crippen molar-refractivity contribution in [2.24, 2.45) is 0 Å². The molecular formula is C7H13NO5S. The zero-order valence-corrected chi connectivity index (χ0v) is 8.54. The summed E-state index contributed by atoms with van der Waals surface area (Å²) < 4.78 is 24.0. The van der Waals surface area contributed by atoms with Crippen LogP contribution in [0.5, 0.6) is 0 Å². The van der Waals surface area contributed by atoms with E-state index < -0.39 is 28.1 Å². The molecule has 0 bridgehead atoms. The molecule has 0 radical (unpaired) electrons. The van der Waals surface area contributed by atoms with Crippen LogP contribution in [0.25, 0.3) is 0 Å². The quantitative estimate of drug-likeness (QED) is 0.497. The molecule has 0 rings (SSSR count). The Morgan fingerprint density at radius 1 is 1.64 bits per heavy atom.